The minimum Gasteiger partial charge on any atom is -0.350 e. The molecule has 0 saturated heterocycles. The van der Waals surface area contributed by atoms with Gasteiger partial charge in [-0.1, -0.05) is 48.0 Å². The average Bonchev–Trinajstić information content (AvgIpc) is 2.83. The van der Waals surface area contributed by atoms with E-state index in [0.29, 0.717) is 13.1 Å². The molecule has 4 rings (SSSR count). The van der Waals surface area contributed by atoms with Gasteiger partial charge in [-0.15, -0.1) is 0 Å². The Hall–Kier alpha value is -4.21. The first kappa shape index (κ1) is 23.9. The van der Waals surface area contributed by atoms with Gasteiger partial charge in [0, 0.05) is 18.8 Å². The molecule has 4 aromatic rings. The lowest BCUT2D eigenvalue weighted by atomic mass is 10.1. The quantitative estimate of drug-likeness (QED) is 0.256. The first-order valence-corrected chi connectivity index (χ1v) is 10.7. The number of anilines is 4. The minimum absolute atomic E-state index is 0.0623. The van der Waals surface area contributed by atoms with Crippen molar-refractivity contribution in [2.75, 3.05) is 16.0 Å². The fourth-order valence-electron chi connectivity index (χ4n) is 3.16. The molecule has 0 atom stereocenters. The molecule has 1 heterocycles. The summed E-state index contributed by atoms with van der Waals surface area (Å²) in [6.45, 7) is 2.74. The maximum atomic E-state index is 13.2. The first-order chi connectivity index (χ1) is 16.7. The maximum absolute atomic E-state index is 13.2. The van der Waals surface area contributed by atoms with Crippen molar-refractivity contribution >= 4 is 23.5 Å². The molecule has 0 aliphatic heterocycles. The molecule has 0 unspecified atom stereocenters. The van der Waals surface area contributed by atoms with Crippen molar-refractivity contribution in [2.45, 2.75) is 26.2 Å². The zero-order chi connectivity index (χ0) is 24.8. The number of nitrogens with one attached hydrogen (secondary N) is 3. The van der Waals surface area contributed by atoms with Gasteiger partial charge in [0.05, 0.1) is 5.56 Å². The van der Waals surface area contributed by atoms with Crippen LogP contribution in [0.5, 0.6) is 0 Å². The van der Waals surface area contributed by atoms with Gasteiger partial charge in [0.1, 0.15) is 5.82 Å². The summed E-state index contributed by atoms with van der Waals surface area (Å²) in [5.74, 6) is 0.151. The van der Waals surface area contributed by atoms with Crippen molar-refractivity contribution < 1.29 is 17.6 Å². The maximum Gasteiger partial charge on any atom is 0.416 e. The van der Waals surface area contributed by atoms with Crippen LogP contribution in [0.25, 0.3) is 0 Å². The number of alkyl halides is 3. The van der Waals surface area contributed by atoms with Crippen LogP contribution in [-0.2, 0) is 19.3 Å². The van der Waals surface area contributed by atoms with Crippen LogP contribution in [0.4, 0.5) is 41.1 Å². The number of nitrogens with zero attached hydrogens (tertiary/aromatic N) is 3. The van der Waals surface area contributed by atoms with E-state index in [1.165, 1.54) is 24.3 Å². The van der Waals surface area contributed by atoms with E-state index >= 15 is 0 Å². The van der Waals surface area contributed by atoms with Crippen molar-refractivity contribution in [3.63, 3.8) is 0 Å². The molecule has 1 aromatic heterocycles. The van der Waals surface area contributed by atoms with Gasteiger partial charge in [-0.05, 0) is 48.4 Å². The van der Waals surface area contributed by atoms with Gasteiger partial charge in [-0.3, -0.25) is 0 Å². The third kappa shape index (κ3) is 6.89. The van der Waals surface area contributed by atoms with Crippen molar-refractivity contribution in [1.82, 2.24) is 15.0 Å². The van der Waals surface area contributed by atoms with Gasteiger partial charge >= 0.3 is 6.18 Å². The van der Waals surface area contributed by atoms with E-state index in [-0.39, 0.29) is 29.3 Å². The lowest BCUT2D eigenvalue weighted by Gasteiger charge is -2.13. The summed E-state index contributed by atoms with van der Waals surface area (Å²) in [6.07, 6.45) is -4.47. The predicted octanol–water partition coefficient (Wildman–Crippen LogP) is 6.31. The molecule has 6 nitrogen and oxygen atoms in total. The zero-order valence-corrected chi connectivity index (χ0v) is 18.7. The van der Waals surface area contributed by atoms with E-state index in [2.05, 4.69) is 30.9 Å². The first-order valence-electron chi connectivity index (χ1n) is 10.7. The number of benzene rings is 3. The van der Waals surface area contributed by atoms with Gasteiger partial charge in [0.25, 0.3) is 0 Å². The molecule has 0 radical (unpaired) electrons. The van der Waals surface area contributed by atoms with Gasteiger partial charge in [-0.25, -0.2) is 4.39 Å². The van der Waals surface area contributed by atoms with E-state index in [1.54, 1.807) is 12.1 Å². The Balaban J connectivity index is 1.56. The number of halogens is 4. The van der Waals surface area contributed by atoms with Gasteiger partial charge in [0.2, 0.25) is 17.8 Å². The Kier molecular flexibility index (Phi) is 7.09. The molecular weight excluding hydrogens is 460 g/mol. The van der Waals surface area contributed by atoms with Gasteiger partial charge < -0.3 is 16.0 Å². The molecule has 0 aliphatic carbocycles. The van der Waals surface area contributed by atoms with E-state index in [1.807, 2.05) is 31.2 Å². The second-order valence-corrected chi connectivity index (χ2v) is 7.83. The van der Waals surface area contributed by atoms with E-state index in [4.69, 9.17) is 0 Å². The van der Waals surface area contributed by atoms with Crippen molar-refractivity contribution in [2.24, 2.45) is 0 Å². The second kappa shape index (κ2) is 10.4. The molecule has 3 aromatic carbocycles. The van der Waals surface area contributed by atoms with Crippen LogP contribution in [0.1, 0.15) is 22.3 Å². The third-order valence-corrected chi connectivity index (χ3v) is 5.02. The SMILES string of the molecule is Cc1ccc(CNc2nc(NCc3ccc(F)cc3)nc(Nc3cccc(C(F)(F)F)c3)n2)cc1. The second-order valence-electron chi connectivity index (χ2n) is 7.83. The van der Waals surface area contributed by atoms with Crippen LogP contribution < -0.4 is 16.0 Å². The molecule has 35 heavy (non-hydrogen) atoms. The van der Waals surface area contributed by atoms with Crippen LogP contribution in [0.2, 0.25) is 0 Å². The normalized spacial score (nSPS) is 11.2. The standard InChI is InChI=1S/C25H22F4N6/c1-16-5-7-17(8-6-16)14-30-22-33-23(31-15-18-9-11-20(26)12-10-18)35-24(34-22)32-21-4-2-3-19(13-21)25(27,28)29/h2-13H,14-15H2,1H3,(H3,30,31,32,33,34,35). The highest BCUT2D eigenvalue weighted by atomic mass is 19.4. The third-order valence-electron chi connectivity index (χ3n) is 5.02. The monoisotopic (exact) mass is 482 g/mol. The molecule has 0 fully saturated rings. The number of aromatic nitrogens is 3. The summed E-state index contributed by atoms with van der Waals surface area (Å²) in [7, 11) is 0. The summed E-state index contributed by atoms with van der Waals surface area (Å²) in [5, 5.41) is 8.98. The summed E-state index contributed by atoms with van der Waals surface area (Å²) in [5.41, 5.74) is 2.33. The Morgan fingerprint density at radius 3 is 1.83 bits per heavy atom. The summed E-state index contributed by atoms with van der Waals surface area (Å²) >= 11 is 0. The fourth-order valence-corrected chi connectivity index (χ4v) is 3.16. The predicted molar refractivity (Wildman–Crippen MR) is 127 cm³/mol. The summed E-state index contributed by atoms with van der Waals surface area (Å²) in [4.78, 5) is 12.9. The average molecular weight is 482 g/mol. The highest BCUT2D eigenvalue weighted by Crippen LogP contribution is 2.31. The topological polar surface area (TPSA) is 74.8 Å². The largest absolute Gasteiger partial charge is 0.416 e. The lowest BCUT2D eigenvalue weighted by molar-refractivity contribution is -0.137. The van der Waals surface area contributed by atoms with Crippen molar-refractivity contribution in [3.05, 3.63) is 101 Å². The van der Waals surface area contributed by atoms with Crippen LogP contribution in [-0.4, -0.2) is 15.0 Å². The smallest absolute Gasteiger partial charge is 0.350 e. The molecule has 0 amide bonds. The summed E-state index contributed by atoms with van der Waals surface area (Å²) < 4.78 is 52.5. The number of aryl methyl sites for hydroxylation is 1. The Labute approximate surface area is 199 Å². The summed E-state index contributed by atoms with van der Waals surface area (Å²) in [6, 6.07) is 18.6. The van der Waals surface area contributed by atoms with Crippen LogP contribution in [0.15, 0.2) is 72.8 Å². The molecular formula is C25H22F4N6. The van der Waals surface area contributed by atoms with Gasteiger partial charge in [-0.2, -0.15) is 28.1 Å². The van der Waals surface area contributed by atoms with Crippen LogP contribution >= 0.6 is 0 Å². The molecule has 0 bridgehead atoms. The zero-order valence-electron chi connectivity index (χ0n) is 18.7. The van der Waals surface area contributed by atoms with Crippen LogP contribution in [0, 0.1) is 12.7 Å². The van der Waals surface area contributed by atoms with Gasteiger partial charge in [0.15, 0.2) is 0 Å². The molecule has 0 aliphatic rings. The van der Waals surface area contributed by atoms with Crippen LogP contribution in [0.3, 0.4) is 0 Å². The number of rotatable bonds is 8. The fraction of sp³-hybridized carbons (Fsp3) is 0.160. The van der Waals surface area contributed by atoms with Crippen molar-refractivity contribution in [3.8, 4) is 0 Å². The van der Waals surface area contributed by atoms with Crippen molar-refractivity contribution in [1.29, 1.82) is 0 Å². The van der Waals surface area contributed by atoms with E-state index in [0.717, 1.165) is 28.8 Å². The van der Waals surface area contributed by atoms with E-state index < -0.39 is 11.7 Å². The Morgan fingerprint density at radius 2 is 1.26 bits per heavy atom. The molecule has 3 N–H and O–H groups in total. The molecule has 180 valence electrons. The number of hydrogen-bond acceptors (Lipinski definition) is 6. The molecule has 10 heteroatoms. The molecule has 0 spiro atoms. The minimum atomic E-state index is -4.47. The Morgan fingerprint density at radius 1 is 0.714 bits per heavy atom. The highest BCUT2D eigenvalue weighted by molar-refractivity contribution is 5.57. The number of hydrogen-bond donors (Lipinski definition) is 3. The van der Waals surface area contributed by atoms with E-state index in [9.17, 15) is 17.6 Å². The lowest BCUT2D eigenvalue weighted by Crippen LogP contribution is -2.11. The highest BCUT2D eigenvalue weighted by Gasteiger charge is 2.30. The molecule has 0 saturated carbocycles. The Bertz CT molecular complexity index is 1210.